The van der Waals surface area contributed by atoms with Gasteiger partial charge >= 0.3 is 11.6 Å². The van der Waals surface area contributed by atoms with Gasteiger partial charge in [0.15, 0.2) is 0 Å². The normalized spacial score (nSPS) is 10.4. The third-order valence-corrected chi connectivity index (χ3v) is 4.45. The average Bonchev–Trinajstić information content (AvgIpc) is 2.60. The maximum Gasteiger partial charge on any atom is 0.373 e. The minimum atomic E-state index is -0.617. The third kappa shape index (κ3) is 4.21. The molecule has 0 unspecified atom stereocenters. The van der Waals surface area contributed by atoms with Crippen LogP contribution in [0.5, 0.6) is 11.6 Å². The molecule has 0 saturated heterocycles. The molecule has 1 aromatic heterocycles. The van der Waals surface area contributed by atoms with Gasteiger partial charge in [0.25, 0.3) is 0 Å². The van der Waals surface area contributed by atoms with Gasteiger partial charge in [0, 0.05) is 10.2 Å². The number of benzene rings is 2. The highest BCUT2D eigenvalue weighted by Crippen LogP contribution is 2.36. The first-order valence-corrected chi connectivity index (χ1v) is 8.64. The Labute approximate surface area is 166 Å². The molecule has 26 heavy (non-hydrogen) atoms. The van der Waals surface area contributed by atoms with Crippen molar-refractivity contribution in [1.29, 1.82) is 0 Å². The van der Waals surface area contributed by atoms with Crippen molar-refractivity contribution in [2.75, 3.05) is 5.32 Å². The molecule has 132 valence electrons. The number of rotatable bonds is 5. The third-order valence-electron chi connectivity index (χ3n) is 3.18. The predicted molar refractivity (Wildman–Crippen MR) is 103 cm³/mol. The summed E-state index contributed by atoms with van der Waals surface area (Å²) in [5, 5.41) is 15.1. The molecule has 7 nitrogen and oxygen atoms in total. The van der Waals surface area contributed by atoms with Crippen molar-refractivity contribution in [3.05, 3.63) is 73.4 Å². The van der Waals surface area contributed by atoms with E-state index in [0.29, 0.717) is 21.5 Å². The van der Waals surface area contributed by atoms with Crippen molar-refractivity contribution in [2.45, 2.75) is 0 Å². The molecule has 10 heteroatoms. The van der Waals surface area contributed by atoms with Crippen molar-refractivity contribution in [3.63, 3.8) is 0 Å². The number of anilines is 2. The smallest absolute Gasteiger partial charge is 0.373 e. The number of nitrogens with zero attached hydrogens (tertiary/aromatic N) is 3. The van der Waals surface area contributed by atoms with Crippen molar-refractivity contribution in [3.8, 4) is 11.6 Å². The van der Waals surface area contributed by atoms with E-state index >= 15 is 0 Å². The fraction of sp³-hybridized carbons (Fsp3) is 0. The molecule has 0 bridgehead atoms. The Bertz CT molecular complexity index is 970. The van der Waals surface area contributed by atoms with E-state index in [-0.39, 0.29) is 11.7 Å². The van der Waals surface area contributed by atoms with E-state index in [1.807, 2.05) is 0 Å². The Morgan fingerprint density at radius 2 is 1.81 bits per heavy atom. The van der Waals surface area contributed by atoms with Crippen LogP contribution in [0.3, 0.4) is 0 Å². The van der Waals surface area contributed by atoms with Gasteiger partial charge < -0.3 is 10.1 Å². The molecular weight excluding hydrogens is 447 g/mol. The second-order valence-corrected chi connectivity index (χ2v) is 6.67. The van der Waals surface area contributed by atoms with Gasteiger partial charge in [-0.1, -0.05) is 39.1 Å². The Hall–Kier alpha value is -2.42. The highest BCUT2D eigenvalue weighted by Gasteiger charge is 2.25. The lowest BCUT2D eigenvalue weighted by Crippen LogP contribution is -2.03. The molecule has 2 aromatic carbocycles. The monoisotopic (exact) mass is 454 g/mol. The van der Waals surface area contributed by atoms with Crippen molar-refractivity contribution >= 4 is 56.3 Å². The second kappa shape index (κ2) is 7.86. The van der Waals surface area contributed by atoms with E-state index in [9.17, 15) is 10.1 Å². The summed E-state index contributed by atoms with van der Waals surface area (Å²) in [6, 6.07) is 11.5. The van der Waals surface area contributed by atoms with Crippen LogP contribution in [0.15, 0.2) is 53.3 Å². The summed E-state index contributed by atoms with van der Waals surface area (Å²) < 4.78 is 6.40. The first-order valence-electron chi connectivity index (χ1n) is 7.09. The van der Waals surface area contributed by atoms with Gasteiger partial charge in [-0.25, -0.2) is 4.98 Å². The van der Waals surface area contributed by atoms with Crippen LogP contribution in [-0.4, -0.2) is 14.9 Å². The fourth-order valence-corrected chi connectivity index (χ4v) is 2.58. The zero-order valence-electron chi connectivity index (χ0n) is 12.8. The van der Waals surface area contributed by atoms with E-state index < -0.39 is 10.6 Å². The van der Waals surface area contributed by atoms with Crippen LogP contribution < -0.4 is 10.1 Å². The standard InChI is InChI=1S/C16H9BrCl2N4O3/c17-9-1-4-11(5-2-9)26-16-14(23(24)25)15(20-8-21-16)22-10-3-6-12(18)13(19)7-10/h1-8H,(H,20,21,22). The van der Waals surface area contributed by atoms with Crippen LogP contribution in [-0.2, 0) is 0 Å². The van der Waals surface area contributed by atoms with Gasteiger partial charge in [-0.2, -0.15) is 4.98 Å². The molecule has 0 amide bonds. The summed E-state index contributed by atoms with van der Waals surface area (Å²) in [6.45, 7) is 0. The van der Waals surface area contributed by atoms with Crippen LogP contribution in [0.25, 0.3) is 0 Å². The molecule has 0 atom stereocenters. The summed E-state index contributed by atoms with van der Waals surface area (Å²) in [6.07, 6.45) is 1.17. The second-order valence-electron chi connectivity index (χ2n) is 4.94. The maximum absolute atomic E-state index is 11.5. The fourth-order valence-electron chi connectivity index (χ4n) is 2.02. The van der Waals surface area contributed by atoms with E-state index in [4.69, 9.17) is 27.9 Å². The molecular formula is C16H9BrCl2N4O3. The lowest BCUT2D eigenvalue weighted by molar-refractivity contribution is -0.385. The van der Waals surface area contributed by atoms with Crippen LogP contribution in [0, 0.1) is 10.1 Å². The Morgan fingerprint density at radius 3 is 2.46 bits per heavy atom. The van der Waals surface area contributed by atoms with Crippen molar-refractivity contribution in [1.82, 2.24) is 9.97 Å². The molecule has 0 fully saturated rings. The molecule has 1 N–H and O–H groups in total. The van der Waals surface area contributed by atoms with Gasteiger partial charge in [-0.15, -0.1) is 0 Å². The zero-order valence-corrected chi connectivity index (χ0v) is 15.9. The highest BCUT2D eigenvalue weighted by molar-refractivity contribution is 9.10. The minimum Gasteiger partial charge on any atom is -0.434 e. The summed E-state index contributed by atoms with van der Waals surface area (Å²) in [5.41, 5.74) is 0.0808. The van der Waals surface area contributed by atoms with Gasteiger partial charge in [0.2, 0.25) is 5.82 Å². The molecule has 3 aromatic rings. The van der Waals surface area contributed by atoms with Crippen molar-refractivity contribution in [2.24, 2.45) is 0 Å². The number of nitrogens with one attached hydrogen (secondary N) is 1. The quantitative estimate of drug-likeness (QED) is 0.375. The van der Waals surface area contributed by atoms with E-state index in [1.165, 1.54) is 12.4 Å². The number of hydrogen-bond acceptors (Lipinski definition) is 6. The average molecular weight is 456 g/mol. The molecule has 0 aliphatic heterocycles. The lowest BCUT2D eigenvalue weighted by Gasteiger charge is -2.10. The SMILES string of the molecule is O=[N+]([O-])c1c(Nc2ccc(Cl)c(Cl)c2)ncnc1Oc1ccc(Br)cc1. The maximum atomic E-state index is 11.5. The number of halogens is 3. The molecule has 0 aliphatic carbocycles. The Kier molecular flexibility index (Phi) is 5.55. The van der Waals surface area contributed by atoms with Gasteiger partial charge in [-0.05, 0) is 42.5 Å². The van der Waals surface area contributed by atoms with E-state index in [2.05, 4.69) is 31.2 Å². The number of ether oxygens (including phenoxy) is 1. The highest BCUT2D eigenvalue weighted by atomic mass is 79.9. The Morgan fingerprint density at radius 1 is 1.08 bits per heavy atom. The van der Waals surface area contributed by atoms with Gasteiger partial charge in [-0.3, -0.25) is 10.1 Å². The summed E-state index contributed by atoms with van der Waals surface area (Å²) >= 11 is 15.2. The van der Waals surface area contributed by atoms with E-state index in [0.717, 1.165) is 4.47 Å². The molecule has 0 radical (unpaired) electrons. The van der Waals surface area contributed by atoms with Crippen molar-refractivity contribution < 1.29 is 9.66 Å². The van der Waals surface area contributed by atoms with Crippen LogP contribution >= 0.6 is 39.1 Å². The van der Waals surface area contributed by atoms with Crippen LogP contribution in [0.1, 0.15) is 0 Å². The van der Waals surface area contributed by atoms with Crippen LogP contribution in [0.2, 0.25) is 10.0 Å². The van der Waals surface area contributed by atoms with Crippen LogP contribution in [0.4, 0.5) is 17.2 Å². The zero-order chi connectivity index (χ0) is 18.7. The summed E-state index contributed by atoms with van der Waals surface area (Å²) in [7, 11) is 0. The topological polar surface area (TPSA) is 90.2 Å². The minimum absolute atomic E-state index is 0.0319. The van der Waals surface area contributed by atoms with Gasteiger partial charge in [0.1, 0.15) is 12.1 Å². The number of aromatic nitrogens is 2. The van der Waals surface area contributed by atoms with Gasteiger partial charge in [0.05, 0.1) is 15.0 Å². The predicted octanol–water partition coefficient (Wildman–Crippen LogP) is 5.99. The molecule has 0 saturated carbocycles. The number of nitro groups is 1. The molecule has 0 spiro atoms. The lowest BCUT2D eigenvalue weighted by atomic mass is 10.3. The summed E-state index contributed by atoms with van der Waals surface area (Å²) in [4.78, 5) is 18.7. The number of hydrogen-bond donors (Lipinski definition) is 1. The first kappa shape index (κ1) is 18.4. The first-order chi connectivity index (χ1) is 12.4. The Balaban J connectivity index is 1.96. The molecule has 0 aliphatic rings. The molecule has 1 heterocycles. The largest absolute Gasteiger partial charge is 0.434 e. The van der Waals surface area contributed by atoms with E-state index in [1.54, 1.807) is 36.4 Å². The molecule has 3 rings (SSSR count). The summed E-state index contributed by atoms with van der Waals surface area (Å²) in [5.74, 6) is 0.181.